The quantitative estimate of drug-likeness (QED) is 0.124. The molecule has 0 N–H and O–H groups in total. The molecule has 284 valence electrons. The van der Waals surface area contributed by atoms with Crippen LogP contribution in [0.15, 0.2) is 206 Å². The van der Waals surface area contributed by atoms with E-state index in [-0.39, 0.29) is 5.41 Å². The van der Waals surface area contributed by atoms with E-state index in [1.54, 1.807) is 0 Å². The van der Waals surface area contributed by atoms with E-state index in [1.807, 2.05) is 0 Å². The Bertz CT molecular complexity index is 3790. The largest absolute Gasteiger partial charge is 0.0616 e. The molecule has 0 nitrogen and oxygen atoms in total. The highest BCUT2D eigenvalue weighted by Crippen LogP contribution is 2.58. The van der Waals surface area contributed by atoms with Crippen LogP contribution in [0.1, 0.15) is 25.0 Å². The number of fused-ring (bicyclic) bond motifs is 15. The summed E-state index contributed by atoms with van der Waals surface area (Å²) in [5, 5.41) is 18.1. The van der Waals surface area contributed by atoms with Gasteiger partial charge in [0.15, 0.2) is 0 Å². The molecule has 0 unspecified atom stereocenters. The number of hydrogen-bond donors (Lipinski definition) is 0. The van der Waals surface area contributed by atoms with Gasteiger partial charge in [-0.15, -0.1) is 0 Å². The smallest absolute Gasteiger partial charge is 0.0165 e. The van der Waals surface area contributed by atoms with E-state index >= 15 is 0 Å². The molecule has 0 bridgehead atoms. The van der Waals surface area contributed by atoms with Crippen molar-refractivity contribution in [2.24, 2.45) is 0 Å². The van der Waals surface area contributed by atoms with Crippen molar-refractivity contribution < 1.29 is 0 Å². The highest BCUT2D eigenvalue weighted by Gasteiger charge is 2.40. The van der Waals surface area contributed by atoms with Crippen molar-refractivity contribution in [3.63, 3.8) is 0 Å². The molecule has 0 atom stereocenters. The average Bonchev–Trinajstić information content (AvgIpc) is 3.57. The zero-order valence-electron chi connectivity index (χ0n) is 34.1. The molecule has 1 aliphatic carbocycles. The van der Waals surface area contributed by atoms with Gasteiger partial charge in [0.1, 0.15) is 0 Å². The molecule has 12 aromatic rings. The molecule has 12 aromatic carbocycles. The van der Waals surface area contributed by atoms with E-state index in [0.717, 1.165) is 0 Å². The maximum absolute atomic E-state index is 2.53. The van der Waals surface area contributed by atoms with Crippen LogP contribution in [0.3, 0.4) is 0 Å². The van der Waals surface area contributed by atoms with Crippen LogP contribution in [0, 0.1) is 0 Å². The van der Waals surface area contributed by atoms with Crippen molar-refractivity contribution in [2.45, 2.75) is 19.3 Å². The lowest BCUT2D eigenvalue weighted by atomic mass is 9.78. The number of benzene rings is 12. The van der Waals surface area contributed by atoms with Crippen molar-refractivity contribution in [1.29, 1.82) is 0 Å². The summed E-state index contributed by atoms with van der Waals surface area (Å²) in [6.07, 6.45) is 0. The predicted molar refractivity (Wildman–Crippen MR) is 263 cm³/mol. The second-order valence-corrected chi connectivity index (χ2v) is 17.5. The highest BCUT2D eigenvalue weighted by atomic mass is 14.4. The van der Waals surface area contributed by atoms with Crippen LogP contribution in [0.2, 0.25) is 0 Å². The average molecular weight is 773 g/mol. The fourth-order valence-corrected chi connectivity index (χ4v) is 11.4. The van der Waals surface area contributed by atoms with E-state index in [1.165, 1.54) is 131 Å². The standard InChI is InChI=1S/C61H40/c1-61(2)55-36-53(45-26-8-10-27-46(45)58(55)59-47-28-11-7-23-42(47)43-24-9-16-33-52(43)60(59)61)37-19-17-20-39(34-37)56-48-29-12-14-31-50(48)57(51-32-15-13-30-49(51)56)54-35-38-18-3-4-21-40(38)41-22-5-6-25-44(41)54/h3-36H,1-2H3. The molecule has 0 saturated carbocycles. The monoisotopic (exact) mass is 772 g/mol. The molecule has 61 heavy (non-hydrogen) atoms. The summed E-state index contributed by atoms with van der Waals surface area (Å²) >= 11 is 0. The molecule has 0 amide bonds. The van der Waals surface area contributed by atoms with Crippen molar-refractivity contribution >= 4 is 75.4 Å². The van der Waals surface area contributed by atoms with E-state index in [2.05, 4.69) is 220 Å². The molecule has 1 aliphatic rings. The summed E-state index contributed by atoms with van der Waals surface area (Å²) in [5.74, 6) is 0. The van der Waals surface area contributed by atoms with Gasteiger partial charge in [-0.05, 0) is 149 Å². The Morgan fingerprint density at radius 1 is 0.262 bits per heavy atom. The second-order valence-electron chi connectivity index (χ2n) is 17.5. The Morgan fingerprint density at radius 2 is 0.672 bits per heavy atom. The van der Waals surface area contributed by atoms with Crippen LogP contribution in [0.4, 0.5) is 0 Å². The Kier molecular flexibility index (Phi) is 7.17. The van der Waals surface area contributed by atoms with Gasteiger partial charge in [0.2, 0.25) is 0 Å². The number of hydrogen-bond acceptors (Lipinski definition) is 0. The van der Waals surface area contributed by atoms with Gasteiger partial charge in [-0.1, -0.05) is 202 Å². The van der Waals surface area contributed by atoms with Crippen molar-refractivity contribution in [1.82, 2.24) is 0 Å². The van der Waals surface area contributed by atoms with Crippen LogP contribution in [-0.2, 0) is 5.41 Å². The molecular formula is C61H40. The molecule has 0 spiro atoms. The molecule has 0 aliphatic heterocycles. The minimum atomic E-state index is -0.208. The first-order valence-electron chi connectivity index (χ1n) is 21.5. The lowest BCUT2D eigenvalue weighted by Crippen LogP contribution is -2.16. The van der Waals surface area contributed by atoms with Crippen LogP contribution >= 0.6 is 0 Å². The van der Waals surface area contributed by atoms with Crippen LogP contribution in [0.25, 0.3) is 120 Å². The first-order chi connectivity index (χ1) is 30.1. The summed E-state index contributed by atoms with van der Waals surface area (Å²) in [7, 11) is 0. The van der Waals surface area contributed by atoms with Gasteiger partial charge < -0.3 is 0 Å². The topological polar surface area (TPSA) is 0 Å². The summed E-state index contributed by atoms with van der Waals surface area (Å²) in [5.41, 5.74) is 13.0. The minimum absolute atomic E-state index is 0.208. The van der Waals surface area contributed by atoms with Gasteiger partial charge in [-0.25, -0.2) is 0 Å². The third-order valence-electron chi connectivity index (χ3n) is 14.0. The van der Waals surface area contributed by atoms with Gasteiger partial charge in [0.25, 0.3) is 0 Å². The lowest BCUT2D eigenvalue weighted by molar-refractivity contribution is 0.667. The molecule has 0 heterocycles. The summed E-state index contributed by atoms with van der Waals surface area (Å²) in [6, 6.07) is 77.3. The first-order valence-corrected chi connectivity index (χ1v) is 21.5. The molecule has 0 fully saturated rings. The third kappa shape index (κ3) is 4.76. The Balaban J connectivity index is 1.07. The van der Waals surface area contributed by atoms with E-state index in [4.69, 9.17) is 0 Å². The molecule has 0 radical (unpaired) electrons. The molecule has 13 rings (SSSR count). The molecular weight excluding hydrogens is 733 g/mol. The normalized spacial score (nSPS) is 13.2. The van der Waals surface area contributed by atoms with Gasteiger partial charge >= 0.3 is 0 Å². The maximum Gasteiger partial charge on any atom is 0.0165 e. The summed E-state index contributed by atoms with van der Waals surface area (Å²) < 4.78 is 0. The van der Waals surface area contributed by atoms with Gasteiger partial charge in [-0.3, -0.25) is 0 Å². The zero-order chi connectivity index (χ0) is 40.4. The Morgan fingerprint density at radius 3 is 1.28 bits per heavy atom. The Labute approximate surface area is 355 Å². The van der Waals surface area contributed by atoms with E-state index < -0.39 is 0 Å². The Hall–Kier alpha value is -7.54. The lowest BCUT2D eigenvalue weighted by Gasteiger charge is -2.25. The molecule has 0 aromatic heterocycles. The fourth-order valence-electron chi connectivity index (χ4n) is 11.4. The number of rotatable bonds is 3. The third-order valence-corrected chi connectivity index (χ3v) is 14.0. The first kappa shape index (κ1) is 34.3. The molecule has 0 heteroatoms. The van der Waals surface area contributed by atoms with Gasteiger partial charge in [0.05, 0.1) is 0 Å². The highest BCUT2D eigenvalue weighted by molar-refractivity contribution is 6.26. The summed E-state index contributed by atoms with van der Waals surface area (Å²) in [6.45, 7) is 4.87. The fraction of sp³-hybridized carbons (Fsp3) is 0.0492. The van der Waals surface area contributed by atoms with Crippen molar-refractivity contribution in [3.8, 4) is 44.5 Å². The zero-order valence-corrected chi connectivity index (χ0v) is 34.1. The SMILES string of the molecule is CC1(C)c2cc(-c3cccc(-c4c5ccccc5c(-c5cc6ccccc6c6ccccc56)c5ccccc45)c3)c3ccccc3c2-c2c1c1ccccc1c1ccccc21. The minimum Gasteiger partial charge on any atom is -0.0616 e. The van der Waals surface area contributed by atoms with Crippen molar-refractivity contribution in [2.75, 3.05) is 0 Å². The maximum atomic E-state index is 2.53. The predicted octanol–water partition coefficient (Wildman–Crippen LogP) is 17.1. The summed E-state index contributed by atoms with van der Waals surface area (Å²) in [4.78, 5) is 0. The van der Waals surface area contributed by atoms with Crippen LogP contribution < -0.4 is 0 Å². The van der Waals surface area contributed by atoms with E-state index in [9.17, 15) is 0 Å². The van der Waals surface area contributed by atoms with E-state index in [0.29, 0.717) is 0 Å². The van der Waals surface area contributed by atoms with Crippen LogP contribution in [-0.4, -0.2) is 0 Å². The van der Waals surface area contributed by atoms with Gasteiger partial charge in [-0.2, -0.15) is 0 Å². The van der Waals surface area contributed by atoms with Crippen LogP contribution in [0.5, 0.6) is 0 Å². The molecule has 0 saturated heterocycles. The van der Waals surface area contributed by atoms with Crippen molar-refractivity contribution in [3.05, 3.63) is 217 Å². The second kappa shape index (κ2) is 12.7. The van der Waals surface area contributed by atoms with Gasteiger partial charge in [0, 0.05) is 5.41 Å².